The predicted octanol–water partition coefficient (Wildman–Crippen LogP) is 0.520. The molecule has 1 saturated heterocycles. The standard InChI is InChI=1S/C12H20N2O3/c1-7(2)4-9-5-10(12(16)17)14-11(9)6-13-8(3)15/h4,9-11,14H,5-6H2,1-3H3,(H,13,15)(H,16,17)/t9-,10+,11-/m0/s1. The number of allylic oxidation sites excluding steroid dienone is 1. The van der Waals surface area contributed by atoms with Crippen molar-refractivity contribution in [2.75, 3.05) is 6.54 Å². The fourth-order valence-electron chi connectivity index (χ4n) is 2.13. The summed E-state index contributed by atoms with van der Waals surface area (Å²) in [6.45, 7) is 5.90. The van der Waals surface area contributed by atoms with Crippen LogP contribution in [0.25, 0.3) is 0 Å². The van der Waals surface area contributed by atoms with Crippen molar-refractivity contribution in [1.82, 2.24) is 10.6 Å². The maximum Gasteiger partial charge on any atom is 0.320 e. The second-order valence-corrected chi connectivity index (χ2v) is 4.74. The molecule has 0 unspecified atom stereocenters. The fraction of sp³-hybridized carbons (Fsp3) is 0.667. The SMILES string of the molecule is CC(=O)NC[C@@H]1N[C@@H](C(=O)O)C[C@@H]1C=C(C)C. The van der Waals surface area contributed by atoms with E-state index in [1.165, 1.54) is 6.92 Å². The zero-order chi connectivity index (χ0) is 13.0. The van der Waals surface area contributed by atoms with Gasteiger partial charge >= 0.3 is 5.97 Å². The fourth-order valence-corrected chi connectivity index (χ4v) is 2.13. The zero-order valence-electron chi connectivity index (χ0n) is 10.5. The number of nitrogens with one attached hydrogen (secondary N) is 2. The van der Waals surface area contributed by atoms with Gasteiger partial charge in [-0.1, -0.05) is 11.6 Å². The van der Waals surface area contributed by atoms with E-state index in [1.54, 1.807) is 0 Å². The lowest BCUT2D eigenvalue weighted by Crippen LogP contribution is -2.43. The Kier molecular flexibility index (Phi) is 4.69. The van der Waals surface area contributed by atoms with Gasteiger partial charge in [0.2, 0.25) is 5.91 Å². The van der Waals surface area contributed by atoms with E-state index in [4.69, 9.17) is 5.11 Å². The first-order chi connectivity index (χ1) is 7.90. The third-order valence-corrected chi connectivity index (χ3v) is 2.86. The number of hydrogen-bond donors (Lipinski definition) is 3. The highest BCUT2D eigenvalue weighted by Crippen LogP contribution is 2.23. The lowest BCUT2D eigenvalue weighted by Gasteiger charge is -2.17. The van der Waals surface area contributed by atoms with Crippen LogP contribution in [0.2, 0.25) is 0 Å². The normalized spacial score (nSPS) is 27.6. The molecule has 17 heavy (non-hydrogen) atoms. The van der Waals surface area contributed by atoms with Gasteiger partial charge < -0.3 is 10.4 Å². The summed E-state index contributed by atoms with van der Waals surface area (Å²) in [5, 5.41) is 14.8. The summed E-state index contributed by atoms with van der Waals surface area (Å²) in [4.78, 5) is 21.8. The number of carbonyl (C=O) groups is 2. The van der Waals surface area contributed by atoms with Crippen LogP contribution in [0, 0.1) is 5.92 Å². The molecule has 1 rings (SSSR count). The van der Waals surface area contributed by atoms with Crippen LogP contribution >= 0.6 is 0 Å². The minimum absolute atomic E-state index is 0.00472. The quantitative estimate of drug-likeness (QED) is 0.626. The number of carbonyl (C=O) groups excluding carboxylic acids is 1. The number of hydrogen-bond acceptors (Lipinski definition) is 3. The molecule has 5 nitrogen and oxygen atoms in total. The monoisotopic (exact) mass is 240 g/mol. The van der Waals surface area contributed by atoms with Gasteiger partial charge in [0.1, 0.15) is 6.04 Å². The molecule has 0 radical (unpaired) electrons. The zero-order valence-corrected chi connectivity index (χ0v) is 10.5. The summed E-state index contributed by atoms with van der Waals surface area (Å²) < 4.78 is 0. The van der Waals surface area contributed by atoms with E-state index in [9.17, 15) is 9.59 Å². The average Bonchev–Trinajstić information content (AvgIpc) is 2.57. The van der Waals surface area contributed by atoms with Gasteiger partial charge in [-0.15, -0.1) is 0 Å². The van der Waals surface area contributed by atoms with Gasteiger partial charge in [0.05, 0.1) is 0 Å². The van der Waals surface area contributed by atoms with Crippen molar-refractivity contribution >= 4 is 11.9 Å². The van der Waals surface area contributed by atoms with E-state index in [1.807, 2.05) is 13.8 Å². The number of amides is 1. The molecule has 0 saturated carbocycles. The van der Waals surface area contributed by atoms with Crippen molar-refractivity contribution in [3.05, 3.63) is 11.6 Å². The Morgan fingerprint density at radius 1 is 1.41 bits per heavy atom. The van der Waals surface area contributed by atoms with Crippen molar-refractivity contribution in [3.8, 4) is 0 Å². The number of aliphatic carboxylic acids is 1. The van der Waals surface area contributed by atoms with Crippen LogP contribution in [-0.4, -0.2) is 35.6 Å². The first-order valence-corrected chi connectivity index (χ1v) is 5.78. The van der Waals surface area contributed by atoms with E-state index >= 15 is 0 Å². The largest absolute Gasteiger partial charge is 0.480 e. The number of carboxylic acid groups (broad SMARTS) is 1. The molecule has 96 valence electrons. The van der Waals surface area contributed by atoms with Crippen LogP contribution in [0.15, 0.2) is 11.6 Å². The van der Waals surface area contributed by atoms with E-state index in [0.29, 0.717) is 13.0 Å². The molecular weight excluding hydrogens is 220 g/mol. The van der Waals surface area contributed by atoms with Crippen molar-refractivity contribution in [2.45, 2.75) is 39.3 Å². The highest BCUT2D eigenvalue weighted by atomic mass is 16.4. The van der Waals surface area contributed by atoms with Gasteiger partial charge in [-0.3, -0.25) is 14.9 Å². The van der Waals surface area contributed by atoms with Gasteiger partial charge in [0.15, 0.2) is 0 Å². The summed E-state index contributed by atoms with van der Waals surface area (Å²) in [7, 11) is 0. The first-order valence-electron chi connectivity index (χ1n) is 5.78. The molecule has 1 amide bonds. The molecule has 1 fully saturated rings. The van der Waals surface area contributed by atoms with Gasteiger partial charge in [-0.2, -0.15) is 0 Å². The lowest BCUT2D eigenvalue weighted by atomic mass is 9.96. The second kappa shape index (κ2) is 5.82. The Bertz CT molecular complexity index is 335. The van der Waals surface area contributed by atoms with E-state index in [2.05, 4.69) is 16.7 Å². The summed E-state index contributed by atoms with van der Waals surface area (Å²) >= 11 is 0. The van der Waals surface area contributed by atoms with Crippen molar-refractivity contribution < 1.29 is 14.7 Å². The summed E-state index contributed by atoms with van der Waals surface area (Å²) in [5.74, 6) is -0.767. The number of carboxylic acids is 1. The Hall–Kier alpha value is -1.36. The Balaban J connectivity index is 2.66. The van der Waals surface area contributed by atoms with Crippen LogP contribution in [0.4, 0.5) is 0 Å². The summed E-state index contributed by atoms with van der Waals surface area (Å²) in [6.07, 6.45) is 2.65. The topological polar surface area (TPSA) is 78.4 Å². The molecule has 0 spiro atoms. The van der Waals surface area contributed by atoms with Crippen LogP contribution in [-0.2, 0) is 9.59 Å². The predicted molar refractivity (Wildman–Crippen MR) is 64.6 cm³/mol. The van der Waals surface area contributed by atoms with Gasteiger partial charge in [0, 0.05) is 19.5 Å². The minimum atomic E-state index is -0.831. The molecule has 3 N–H and O–H groups in total. The maximum atomic E-state index is 10.9. The molecule has 0 bridgehead atoms. The highest BCUT2D eigenvalue weighted by molar-refractivity contribution is 5.74. The average molecular weight is 240 g/mol. The van der Waals surface area contributed by atoms with Crippen molar-refractivity contribution in [2.24, 2.45) is 5.92 Å². The summed E-state index contributed by atoms with van der Waals surface area (Å²) in [5.41, 5.74) is 1.16. The second-order valence-electron chi connectivity index (χ2n) is 4.74. The molecule has 1 heterocycles. The third kappa shape index (κ3) is 4.19. The van der Waals surface area contributed by atoms with Crippen molar-refractivity contribution in [1.29, 1.82) is 0 Å². The lowest BCUT2D eigenvalue weighted by molar-refractivity contribution is -0.139. The minimum Gasteiger partial charge on any atom is -0.480 e. The summed E-state index contributed by atoms with van der Waals surface area (Å²) in [6, 6.07) is -0.524. The Labute approximate surface area is 101 Å². The molecule has 0 aromatic carbocycles. The molecule has 1 aliphatic heterocycles. The van der Waals surface area contributed by atoms with E-state index in [0.717, 1.165) is 5.57 Å². The molecule has 0 aromatic rings. The molecule has 0 aromatic heterocycles. The number of rotatable bonds is 4. The van der Waals surface area contributed by atoms with Gasteiger partial charge in [-0.25, -0.2) is 0 Å². The van der Waals surface area contributed by atoms with Crippen molar-refractivity contribution in [3.63, 3.8) is 0 Å². The van der Waals surface area contributed by atoms with Crippen LogP contribution in [0.3, 0.4) is 0 Å². The molecular formula is C12H20N2O3. The third-order valence-electron chi connectivity index (χ3n) is 2.86. The van der Waals surface area contributed by atoms with Crippen LogP contribution in [0.5, 0.6) is 0 Å². The first kappa shape index (κ1) is 13.7. The Morgan fingerprint density at radius 2 is 2.06 bits per heavy atom. The van der Waals surface area contributed by atoms with E-state index < -0.39 is 12.0 Å². The molecule has 5 heteroatoms. The van der Waals surface area contributed by atoms with Gasteiger partial charge in [0.25, 0.3) is 0 Å². The molecule has 0 aliphatic carbocycles. The smallest absolute Gasteiger partial charge is 0.320 e. The van der Waals surface area contributed by atoms with E-state index in [-0.39, 0.29) is 17.9 Å². The van der Waals surface area contributed by atoms with Crippen LogP contribution < -0.4 is 10.6 Å². The van der Waals surface area contributed by atoms with Crippen LogP contribution in [0.1, 0.15) is 27.2 Å². The maximum absolute atomic E-state index is 10.9. The Morgan fingerprint density at radius 3 is 2.53 bits per heavy atom. The highest BCUT2D eigenvalue weighted by Gasteiger charge is 2.35. The molecule has 3 atom stereocenters. The van der Waals surface area contributed by atoms with Gasteiger partial charge in [-0.05, 0) is 26.2 Å². The molecule has 1 aliphatic rings.